The quantitative estimate of drug-likeness (QED) is 0.843. The lowest BCUT2D eigenvalue weighted by Gasteiger charge is -2.20. The Morgan fingerprint density at radius 2 is 1.61 bits per heavy atom. The number of carbonyl (C=O) groups is 1. The number of benzene rings is 2. The highest BCUT2D eigenvalue weighted by atomic mass is 16.2. The van der Waals surface area contributed by atoms with Crippen LogP contribution in [-0.2, 0) is 0 Å². The molecule has 3 nitrogen and oxygen atoms in total. The summed E-state index contributed by atoms with van der Waals surface area (Å²) in [5, 5.41) is 0. The molecule has 2 aromatic rings. The molecule has 0 bridgehead atoms. The van der Waals surface area contributed by atoms with Crippen molar-refractivity contribution in [3.8, 4) is 0 Å². The van der Waals surface area contributed by atoms with Crippen molar-refractivity contribution in [2.45, 2.75) is 6.42 Å². The second-order valence-electron chi connectivity index (χ2n) is 6.10. The molecule has 23 heavy (non-hydrogen) atoms. The molecule has 0 atom stereocenters. The topological polar surface area (TPSA) is 23.6 Å². The predicted octanol–water partition coefficient (Wildman–Crippen LogP) is 3.59. The van der Waals surface area contributed by atoms with E-state index in [1.807, 2.05) is 47.4 Å². The van der Waals surface area contributed by atoms with Gasteiger partial charge in [0.15, 0.2) is 0 Å². The molecule has 0 aromatic heterocycles. The molecule has 0 N–H and O–H groups in total. The van der Waals surface area contributed by atoms with E-state index in [1.165, 1.54) is 0 Å². The smallest absolute Gasteiger partial charge is 0.258 e. The van der Waals surface area contributed by atoms with Crippen molar-refractivity contribution in [3.05, 3.63) is 71.3 Å². The molecule has 0 spiro atoms. The molecular formula is C20H22N2O. The van der Waals surface area contributed by atoms with Gasteiger partial charge >= 0.3 is 0 Å². The highest BCUT2D eigenvalue weighted by Gasteiger charge is 2.31. The van der Waals surface area contributed by atoms with Crippen LogP contribution in [0.4, 0.5) is 0 Å². The van der Waals surface area contributed by atoms with Crippen molar-refractivity contribution in [2.24, 2.45) is 0 Å². The molecule has 1 amide bonds. The number of nitrogens with zero attached hydrogens (tertiary/aromatic N) is 2. The van der Waals surface area contributed by atoms with Crippen LogP contribution in [0.25, 0.3) is 11.8 Å². The van der Waals surface area contributed by atoms with E-state index < -0.39 is 0 Å². The summed E-state index contributed by atoms with van der Waals surface area (Å²) in [6.45, 7) is 1.71. The van der Waals surface area contributed by atoms with Crippen molar-refractivity contribution in [2.75, 3.05) is 27.2 Å². The number of rotatable bonds is 5. The lowest BCUT2D eigenvalue weighted by atomic mass is 10.1. The Morgan fingerprint density at radius 1 is 0.957 bits per heavy atom. The van der Waals surface area contributed by atoms with Crippen molar-refractivity contribution >= 4 is 17.7 Å². The fourth-order valence-corrected chi connectivity index (χ4v) is 2.92. The lowest BCUT2D eigenvalue weighted by molar-refractivity contribution is 0.0847. The lowest BCUT2D eigenvalue weighted by Crippen LogP contribution is -2.27. The van der Waals surface area contributed by atoms with Gasteiger partial charge in [0.2, 0.25) is 0 Å². The van der Waals surface area contributed by atoms with Crippen LogP contribution in [0.15, 0.2) is 54.6 Å². The molecule has 0 saturated heterocycles. The molecule has 1 aliphatic rings. The maximum atomic E-state index is 12.7. The SMILES string of the molecule is CN(C)CCCN1C(=O)c2ccccc2/C1=C\c1ccccc1. The van der Waals surface area contributed by atoms with Crippen LogP contribution in [0.2, 0.25) is 0 Å². The Bertz CT molecular complexity index is 719. The highest BCUT2D eigenvalue weighted by molar-refractivity contribution is 6.11. The summed E-state index contributed by atoms with van der Waals surface area (Å²) in [4.78, 5) is 16.8. The zero-order valence-electron chi connectivity index (χ0n) is 13.7. The fraction of sp³-hybridized carbons (Fsp3) is 0.250. The van der Waals surface area contributed by atoms with E-state index in [1.54, 1.807) is 0 Å². The van der Waals surface area contributed by atoms with Gasteiger partial charge in [-0.25, -0.2) is 0 Å². The number of hydrogen-bond donors (Lipinski definition) is 0. The Balaban J connectivity index is 1.94. The Labute approximate surface area is 137 Å². The summed E-state index contributed by atoms with van der Waals surface area (Å²) in [7, 11) is 4.11. The van der Waals surface area contributed by atoms with Crippen molar-refractivity contribution in [1.82, 2.24) is 9.80 Å². The van der Waals surface area contributed by atoms with E-state index in [0.717, 1.165) is 41.9 Å². The third-order valence-corrected chi connectivity index (χ3v) is 4.06. The van der Waals surface area contributed by atoms with Gasteiger partial charge in [0.05, 0.1) is 5.70 Å². The first-order chi connectivity index (χ1) is 11.2. The van der Waals surface area contributed by atoms with Crippen molar-refractivity contribution < 1.29 is 4.79 Å². The van der Waals surface area contributed by atoms with Crippen LogP contribution in [0.3, 0.4) is 0 Å². The number of amides is 1. The van der Waals surface area contributed by atoms with Crippen LogP contribution < -0.4 is 0 Å². The van der Waals surface area contributed by atoms with Crippen LogP contribution in [0.1, 0.15) is 27.9 Å². The molecule has 0 fully saturated rings. The second kappa shape index (κ2) is 6.80. The monoisotopic (exact) mass is 306 g/mol. The predicted molar refractivity (Wildman–Crippen MR) is 95.0 cm³/mol. The van der Waals surface area contributed by atoms with Crippen molar-refractivity contribution in [1.29, 1.82) is 0 Å². The molecule has 0 aliphatic carbocycles. The summed E-state index contributed by atoms with van der Waals surface area (Å²) in [5.74, 6) is 0.113. The van der Waals surface area contributed by atoms with Gasteiger partial charge < -0.3 is 9.80 Å². The molecule has 0 unspecified atom stereocenters. The molecule has 2 aromatic carbocycles. The molecule has 3 heteroatoms. The van der Waals surface area contributed by atoms with E-state index in [0.29, 0.717) is 0 Å². The van der Waals surface area contributed by atoms with Gasteiger partial charge in [0, 0.05) is 17.7 Å². The van der Waals surface area contributed by atoms with Gasteiger partial charge in [-0.3, -0.25) is 4.79 Å². The van der Waals surface area contributed by atoms with Crippen LogP contribution in [0, 0.1) is 0 Å². The second-order valence-corrected chi connectivity index (χ2v) is 6.10. The van der Waals surface area contributed by atoms with Crippen LogP contribution in [0.5, 0.6) is 0 Å². The zero-order valence-corrected chi connectivity index (χ0v) is 13.7. The first-order valence-corrected chi connectivity index (χ1v) is 7.99. The number of carbonyl (C=O) groups excluding carboxylic acids is 1. The molecular weight excluding hydrogens is 284 g/mol. The molecule has 0 saturated carbocycles. The molecule has 3 rings (SSSR count). The van der Waals surface area contributed by atoms with E-state index in [4.69, 9.17) is 0 Å². The molecule has 1 aliphatic heterocycles. The molecule has 0 radical (unpaired) electrons. The minimum absolute atomic E-state index is 0.113. The maximum absolute atomic E-state index is 12.7. The van der Waals surface area contributed by atoms with Gasteiger partial charge in [-0.15, -0.1) is 0 Å². The maximum Gasteiger partial charge on any atom is 0.258 e. The average molecular weight is 306 g/mol. The molecule has 1 heterocycles. The van der Waals surface area contributed by atoms with Crippen molar-refractivity contribution in [3.63, 3.8) is 0 Å². The third kappa shape index (κ3) is 3.35. The third-order valence-electron chi connectivity index (χ3n) is 4.06. The summed E-state index contributed by atoms with van der Waals surface area (Å²) in [6.07, 6.45) is 3.07. The van der Waals surface area contributed by atoms with Gasteiger partial charge in [0.25, 0.3) is 5.91 Å². The largest absolute Gasteiger partial charge is 0.309 e. The van der Waals surface area contributed by atoms with Gasteiger partial charge in [0.1, 0.15) is 0 Å². The summed E-state index contributed by atoms with van der Waals surface area (Å²) < 4.78 is 0. The van der Waals surface area contributed by atoms with E-state index >= 15 is 0 Å². The minimum atomic E-state index is 0.113. The Kier molecular flexibility index (Phi) is 4.58. The summed E-state index contributed by atoms with van der Waals surface area (Å²) >= 11 is 0. The zero-order chi connectivity index (χ0) is 16.2. The highest BCUT2D eigenvalue weighted by Crippen LogP contribution is 2.34. The first-order valence-electron chi connectivity index (χ1n) is 7.99. The van der Waals surface area contributed by atoms with Crippen LogP contribution >= 0.6 is 0 Å². The fourth-order valence-electron chi connectivity index (χ4n) is 2.92. The van der Waals surface area contributed by atoms with E-state index in [-0.39, 0.29) is 5.91 Å². The van der Waals surface area contributed by atoms with Gasteiger partial charge in [-0.05, 0) is 44.8 Å². The Morgan fingerprint density at radius 3 is 2.30 bits per heavy atom. The normalized spacial score (nSPS) is 15.5. The summed E-state index contributed by atoms with van der Waals surface area (Å²) in [6, 6.07) is 18.1. The van der Waals surface area contributed by atoms with Gasteiger partial charge in [-0.1, -0.05) is 48.5 Å². The standard InChI is InChI=1S/C20H22N2O/c1-21(2)13-8-14-22-19(15-16-9-4-3-5-10-16)17-11-6-7-12-18(17)20(22)23/h3-7,9-12,15H,8,13-14H2,1-2H3/b19-15+. The minimum Gasteiger partial charge on any atom is -0.309 e. The number of fused-ring (bicyclic) bond motifs is 1. The Hall–Kier alpha value is -2.39. The average Bonchev–Trinajstić information content (AvgIpc) is 2.82. The first kappa shape index (κ1) is 15.5. The van der Waals surface area contributed by atoms with Gasteiger partial charge in [-0.2, -0.15) is 0 Å². The van der Waals surface area contributed by atoms with E-state index in [2.05, 4.69) is 37.2 Å². The van der Waals surface area contributed by atoms with E-state index in [9.17, 15) is 4.79 Å². The van der Waals surface area contributed by atoms with Crippen LogP contribution in [-0.4, -0.2) is 42.9 Å². The molecule has 118 valence electrons. The summed E-state index contributed by atoms with van der Waals surface area (Å²) in [5.41, 5.74) is 3.96. The number of hydrogen-bond acceptors (Lipinski definition) is 2.